The molecule has 0 saturated heterocycles. The molecule has 0 fully saturated rings. The summed E-state index contributed by atoms with van der Waals surface area (Å²) in [6, 6.07) is 25.3. The summed E-state index contributed by atoms with van der Waals surface area (Å²) in [5.41, 5.74) is 5.99. The molecule has 0 bridgehead atoms. The third-order valence-electron chi connectivity index (χ3n) is 5.89. The van der Waals surface area contributed by atoms with Crippen LogP contribution < -0.4 is 0 Å². The van der Waals surface area contributed by atoms with Gasteiger partial charge in [0.2, 0.25) is 0 Å². The Morgan fingerprint density at radius 3 is 2.08 bits per heavy atom. The van der Waals surface area contributed by atoms with Gasteiger partial charge in [-0.25, -0.2) is 0 Å². The summed E-state index contributed by atoms with van der Waals surface area (Å²) in [4.78, 5) is 21.8. The average molecular weight is 570 g/mol. The van der Waals surface area contributed by atoms with Crippen LogP contribution >= 0.6 is 15.2 Å². The number of rotatable bonds is 10. The van der Waals surface area contributed by atoms with E-state index in [1.54, 1.807) is 24.3 Å². The fourth-order valence-corrected chi connectivity index (χ4v) is 6.55. The number of hydrogen-bond acceptors (Lipinski definition) is 5. The van der Waals surface area contributed by atoms with Crippen molar-refractivity contribution in [3.8, 4) is 11.1 Å². The van der Waals surface area contributed by atoms with Gasteiger partial charge in [0.25, 0.3) is 0 Å². The molecule has 0 amide bonds. The van der Waals surface area contributed by atoms with Crippen LogP contribution in [0.3, 0.4) is 0 Å². The highest BCUT2D eigenvalue weighted by molar-refractivity contribution is 7.53. The average Bonchev–Trinajstić information content (AvgIpc) is 2.88. The van der Waals surface area contributed by atoms with Gasteiger partial charge in [0.1, 0.15) is 0 Å². The minimum atomic E-state index is -3.89. The summed E-state index contributed by atoms with van der Waals surface area (Å²) in [7, 11) is -7.03. The van der Waals surface area contributed by atoms with E-state index in [1.807, 2.05) is 44.3 Å². The minimum absolute atomic E-state index is 0.173. The van der Waals surface area contributed by atoms with E-state index >= 15 is 0 Å². The molecule has 1 heterocycles. The van der Waals surface area contributed by atoms with Gasteiger partial charge in [-0.2, -0.15) is 0 Å². The number of fused-ring (bicyclic) bond motifs is 1. The molecular weight excluding hydrogens is 532 g/mol. The Balaban J connectivity index is 0.000000320. The molecule has 4 aromatic rings. The maximum atomic E-state index is 12.9. The number of hydrogen-bond donors (Lipinski definition) is 2. The van der Waals surface area contributed by atoms with Crippen LogP contribution in [0.15, 0.2) is 85.1 Å². The SMILES string of the molecule is CCOP(=O)(Cc1cccc(-c2cc(C(C)C)cc3cccnc23)c1)OCC.O=P(O)(O)Cc1ccccc1. The lowest BCUT2D eigenvalue weighted by Crippen LogP contribution is -1.99. The Bertz CT molecular complexity index is 1440. The van der Waals surface area contributed by atoms with Gasteiger partial charge in [0, 0.05) is 17.1 Å². The molecule has 0 unspecified atom stereocenters. The molecule has 0 aliphatic rings. The predicted molar refractivity (Wildman–Crippen MR) is 158 cm³/mol. The predicted octanol–water partition coefficient (Wildman–Crippen LogP) is 8.16. The molecule has 0 aliphatic heterocycles. The third-order valence-corrected chi connectivity index (χ3v) is 8.72. The summed E-state index contributed by atoms with van der Waals surface area (Å²) in [5.74, 6) is 0.419. The van der Waals surface area contributed by atoms with Crippen LogP contribution in [-0.4, -0.2) is 28.0 Å². The molecule has 0 saturated carbocycles. The third kappa shape index (κ3) is 9.51. The van der Waals surface area contributed by atoms with E-state index in [2.05, 4.69) is 49.2 Å². The van der Waals surface area contributed by atoms with E-state index in [4.69, 9.17) is 18.8 Å². The minimum Gasteiger partial charge on any atom is -0.324 e. The number of aromatic nitrogens is 1. The molecule has 0 aliphatic carbocycles. The maximum absolute atomic E-state index is 12.9. The van der Waals surface area contributed by atoms with Crippen LogP contribution in [0.4, 0.5) is 0 Å². The smallest absolute Gasteiger partial charge is 0.324 e. The molecule has 9 heteroatoms. The number of nitrogens with zero attached hydrogens (tertiary/aromatic N) is 1. The van der Waals surface area contributed by atoms with Gasteiger partial charge in [0.05, 0.1) is 31.1 Å². The normalized spacial score (nSPS) is 11.9. The Morgan fingerprint density at radius 1 is 0.795 bits per heavy atom. The quantitative estimate of drug-likeness (QED) is 0.186. The highest BCUT2D eigenvalue weighted by Gasteiger charge is 2.24. The van der Waals surface area contributed by atoms with Crippen molar-refractivity contribution in [3.05, 3.63) is 102 Å². The van der Waals surface area contributed by atoms with E-state index in [0.29, 0.717) is 24.7 Å². The Labute approximate surface area is 230 Å². The van der Waals surface area contributed by atoms with Crippen LogP contribution in [0.2, 0.25) is 0 Å². The van der Waals surface area contributed by atoms with E-state index in [-0.39, 0.29) is 12.3 Å². The second kappa shape index (κ2) is 14.1. The lowest BCUT2D eigenvalue weighted by atomic mass is 9.93. The largest absolute Gasteiger partial charge is 0.335 e. The van der Waals surface area contributed by atoms with E-state index in [1.165, 1.54) is 5.56 Å². The fourth-order valence-electron chi connectivity index (χ4n) is 4.17. The zero-order valence-electron chi connectivity index (χ0n) is 22.9. The molecule has 3 aromatic carbocycles. The zero-order valence-corrected chi connectivity index (χ0v) is 24.6. The van der Waals surface area contributed by atoms with E-state index < -0.39 is 15.2 Å². The topological polar surface area (TPSA) is 106 Å². The summed E-state index contributed by atoms with van der Waals surface area (Å²) in [6.07, 6.45) is 1.91. The lowest BCUT2D eigenvalue weighted by molar-refractivity contribution is 0.219. The molecule has 7 nitrogen and oxygen atoms in total. The van der Waals surface area contributed by atoms with Crippen molar-refractivity contribution in [3.63, 3.8) is 0 Å². The molecule has 208 valence electrons. The van der Waals surface area contributed by atoms with Gasteiger partial charge in [-0.1, -0.05) is 74.5 Å². The first kappa shape index (κ1) is 30.9. The summed E-state index contributed by atoms with van der Waals surface area (Å²) >= 11 is 0. The second-order valence-electron chi connectivity index (χ2n) is 9.41. The summed E-state index contributed by atoms with van der Waals surface area (Å²) in [5, 5.41) is 1.13. The molecule has 1 aromatic heterocycles. The van der Waals surface area contributed by atoms with Crippen LogP contribution in [0.25, 0.3) is 22.0 Å². The van der Waals surface area contributed by atoms with Crippen LogP contribution in [0, 0.1) is 0 Å². The van der Waals surface area contributed by atoms with E-state index in [0.717, 1.165) is 27.6 Å². The first-order chi connectivity index (χ1) is 18.5. The van der Waals surface area contributed by atoms with Gasteiger partial charge in [-0.15, -0.1) is 0 Å². The van der Waals surface area contributed by atoms with E-state index in [9.17, 15) is 9.13 Å². The zero-order chi connectivity index (χ0) is 28.5. The Morgan fingerprint density at radius 2 is 1.46 bits per heavy atom. The van der Waals surface area contributed by atoms with Gasteiger partial charge in [-0.3, -0.25) is 14.1 Å². The lowest BCUT2D eigenvalue weighted by Gasteiger charge is -2.18. The van der Waals surface area contributed by atoms with Crippen molar-refractivity contribution in [1.29, 1.82) is 0 Å². The summed E-state index contributed by atoms with van der Waals surface area (Å²) in [6.45, 7) is 8.77. The van der Waals surface area contributed by atoms with Crippen molar-refractivity contribution in [1.82, 2.24) is 4.98 Å². The van der Waals surface area contributed by atoms with Crippen molar-refractivity contribution >= 4 is 26.1 Å². The second-order valence-corrected chi connectivity index (χ2v) is 13.1. The van der Waals surface area contributed by atoms with Gasteiger partial charge < -0.3 is 18.8 Å². The Kier molecular flexibility index (Phi) is 11.2. The summed E-state index contributed by atoms with van der Waals surface area (Å²) < 4.78 is 34.3. The van der Waals surface area contributed by atoms with Crippen molar-refractivity contribution in [2.75, 3.05) is 13.2 Å². The standard InChI is InChI=1S/C23H28NO3P.C7H9O3P/c1-5-26-28(25,27-6-2)16-18-9-7-10-19(13-18)22-15-21(17(3)4)14-20-11-8-12-24-23(20)22;8-11(9,10)6-7-4-2-1-3-5-7/h7-15,17H,5-6,16H2,1-4H3;1-5H,6H2,(H2,8,9,10). The monoisotopic (exact) mass is 569 g/mol. The fraction of sp³-hybridized carbons (Fsp3) is 0.300. The molecule has 4 rings (SSSR count). The van der Waals surface area contributed by atoms with Crippen molar-refractivity contribution < 1.29 is 28.0 Å². The van der Waals surface area contributed by atoms with Crippen molar-refractivity contribution in [2.24, 2.45) is 0 Å². The maximum Gasteiger partial charge on any atom is 0.335 e. The van der Waals surface area contributed by atoms with Crippen LogP contribution in [-0.2, 0) is 30.5 Å². The molecular formula is C30H37NO6P2. The molecule has 0 atom stereocenters. The molecule has 0 spiro atoms. The first-order valence-electron chi connectivity index (χ1n) is 13.0. The number of pyridine rings is 1. The molecule has 0 radical (unpaired) electrons. The molecule has 39 heavy (non-hydrogen) atoms. The van der Waals surface area contributed by atoms with Crippen LogP contribution in [0.1, 0.15) is 50.3 Å². The van der Waals surface area contributed by atoms with Gasteiger partial charge >= 0.3 is 15.2 Å². The van der Waals surface area contributed by atoms with Crippen LogP contribution in [0.5, 0.6) is 0 Å². The Hall–Kier alpha value is -2.63. The highest BCUT2D eigenvalue weighted by Crippen LogP contribution is 2.51. The van der Waals surface area contributed by atoms with Crippen molar-refractivity contribution in [2.45, 2.75) is 45.9 Å². The molecule has 2 N–H and O–H groups in total. The van der Waals surface area contributed by atoms with Gasteiger partial charge in [0.15, 0.2) is 0 Å². The van der Waals surface area contributed by atoms with Gasteiger partial charge in [-0.05, 0) is 60.2 Å². The number of benzene rings is 3. The highest BCUT2D eigenvalue weighted by atomic mass is 31.2. The first-order valence-corrected chi connectivity index (χ1v) is 16.5.